The van der Waals surface area contributed by atoms with Gasteiger partial charge in [0.15, 0.2) is 0 Å². The summed E-state index contributed by atoms with van der Waals surface area (Å²) in [6, 6.07) is 11.2. The van der Waals surface area contributed by atoms with Crippen LogP contribution in [0.25, 0.3) is 22.0 Å². The zero-order valence-corrected chi connectivity index (χ0v) is 9.98. The summed E-state index contributed by atoms with van der Waals surface area (Å²) in [6.07, 6.45) is 1.66. The van der Waals surface area contributed by atoms with E-state index in [0.29, 0.717) is 5.56 Å². The van der Waals surface area contributed by atoms with Gasteiger partial charge in [0.2, 0.25) is 0 Å². The van der Waals surface area contributed by atoms with E-state index in [0.717, 1.165) is 16.5 Å². The first-order valence-electron chi connectivity index (χ1n) is 5.34. The van der Waals surface area contributed by atoms with Gasteiger partial charge in [-0.2, -0.15) is 5.10 Å². The highest BCUT2D eigenvalue weighted by Gasteiger charge is 2.06. The molecule has 0 unspecified atom stereocenters. The number of pyridine rings is 1. The number of para-hydroxylation sites is 1. The highest BCUT2D eigenvalue weighted by atomic mass is 35.5. The Hall–Kier alpha value is -2.20. The molecule has 3 rings (SSSR count). The zero-order chi connectivity index (χ0) is 12.5. The van der Waals surface area contributed by atoms with Crippen molar-refractivity contribution in [2.45, 2.75) is 0 Å². The van der Waals surface area contributed by atoms with Crippen LogP contribution in [0.3, 0.4) is 0 Å². The monoisotopic (exact) mass is 257 g/mol. The van der Waals surface area contributed by atoms with Crippen molar-refractivity contribution in [2.75, 3.05) is 0 Å². The van der Waals surface area contributed by atoms with Crippen LogP contribution in [0, 0.1) is 0 Å². The Bertz CT molecular complexity index is 782. The standard InChI is InChI=1S/C13H8ClN3O/c14-12-6-10(13(18)17-16-12)9-5-8-3-1-2-4-11(8)15-7-9/h1-7H,(H,17,18). The molecular formula is C13H8ClN3O. The summed E-state index contributed by atoms with van der Waals surface area (Å²) >= 11 is 5.78. The second-order valence-electron chi connectivity index (χ2n) is 3.85. The minimum Gasteiger partial charge on any atom is -0.267 e. The average Bonchev–Trinajstić information content (AvgIpc) is 2.41. The van der Waals surface area contributed by atoms with E-state index in [-0.39, 0.29) is 10.7 Å². The fourth-order valence-electron chi connectivity index (χ4n) is 1.81. The molecule has 0 saturated carbocycles. The first kappa shape index (κ1) is 10.9. The lowest BCUT2D eigenvalue weighted by atomic mass is 10.1. The van der Waals surface area contributed by atoms with Crippen LogP contribution in [-0.2, 0) is 0 Å². The van der Waals surface area contributed by atoms with Gasteiger partial charge in [0.25, 0.3) is 5.56 Å². The molecule has 4 nitrogen and oxygen atoms in total. The number of hydrogen-bond acceptors (Lipinski definition) is 3. The third-order valence-corrected chi connectivity index (χ3v) is 2.87. The molecular weight excluding hydrogens is 250 g/mol. The van der Waals surface area contributed by atoms with Gasteiger partial charge < -0.3 is 0 Å². The molecule has 1 aromatic carbocycles. The Kier molecular flexibility index (Phi) is 2.57. The van der Waals surface area contributed by atoms with Crippen LogP contribution in [-0.4, -0.2) is 15.2 Å². The molecule has 0 atom stereocenters. The van der Waals surface area contributed by atoms with E-state index in [1.54, 1.807) is 6.20 Å². The van der Waals surface area contributed by atoms with Crippen molar-refractivity contribution in [3.8, 4) is 11.1 Å². The number of halogens is 1. The van der Waals surface area contributed by atoms with Crippen LogP contribution in [0.2, 0.25) is 5.15 Å². The fourth-order valence-corrected chi connectivity index (χ4v) is 1.97. The predicted octanol–water partition coefficient (Wildman–Crippen LogP) is 2.64. The van der Waals surface area contributed by atoms with Crippen LogP contribution in [0.1, 0.15) is 0 Å². The normalized spacial score (nSPS) is 10.7. The number of H-pyrrole nitrogens is 1. The van der Waals surface area contributed by atoms with E-state index >= 15 is 0 Å². The summed E-state index contributed by atoms with van der Waals surface area (Å²) in [6.45, 7) is 0. The van der Waals surface area contributed by atoms with Crippen LogP contribution in [0.15, 0.2) is 47.4 Å². The molecule has 0 aliphatic heterocycles. The van der Waals surface area contributed by atoms with Crippen LogP contribution in [0.4, 0.5) is 0 Å². The highest BCUT2D eigenvalue weighted by Crippen LogP contribution is 2.20. The van der Waals surface area contributed by atoms with Gasteiger partial charge >= 0.3 is 0 Å². The largest absolute Gasteiger partial charge is 0.272 e. The van der Waals surface area contributed by atoms with E-state index in [1.807, 2.05) is 30.3 Å². The molecule has 5 heteroatoms. The molecule has 0 saturated heterocycles. The van der Waals surface area contributed by atoms with Crippen molar-refractivity contribution in [3.63, 3.8) is 0 Å². The van der Waals surface area contributed by atoms with Crippen molar-refractivity contribution in [3.05, 3.63) is 58.1 Å². The van der Waals surface area contributed by atoms with E-state index in [1.165, 1.54) is 6.07 Å². The van der Waals surface area contributed by atoms with Gasteiger partial charge in [-0.15, -0.1) is 0 Å². The first-order valence-corrected chi connectivity index (χ1v) is 5.72. The van der Waals surface area contributed by atoms with Crippen molar-refractivity contribution >= 4 is 22.5 Å². The molecule has 0 bridgehead atoms. The summed E-state index contributed by atoms with van der Waals surface area (Å²) < 4.78 is 0. The predicted molar refractivity (Wildman–Crippen MR) is 70.6 cm³/mol. The second-order valence-corrected chi connectivity index (χ2v) is 4.24. The minimum atomic E-state index is -0.281. The SMILES string of the molecule is O=c1[nH]nc(Cl)cc1-c1cnc2ccccc2c1. The van der Waals surface area contributed by atoms with Gasteiger partial charge in [0.1, 0.15) is 5.15 Å². The average molecular weight is 258 g/mol. The Balaban J connectivity index is 2.25. The Morgan fingerprint density at radius 1 is 1.17 bits per heavy atom. The maximum Gasteiger partial charge on any atom is 0.272 e. The molecule has 18 heavy (non-hydrogen) atoms. The molecule has 1 N–H and O–H groups in total. The lowest BCUT2D eigenvalue weighted by Gasteiger charge is -2.02. The van der Waals surface area contributed by atoms with E-state index in [2.05, 4.69) is 15.2 Å². The van der Waals surface area contributed by atoms with Gasteiger partial charge in [0, 0.05) is 17.1 Å². The van der Waals surface area contributed by atoms with Gasteiger partial charge in [-0.3, -0.25) is 9.78 Å². The van der Waals surface area contributed by atoms with Crippen molar-refractivity contribution in [2.24, 2.45) is 0 Å². The molecule has 0 radical (unpaired) electrons. The van der Waals surface area contributed by atoms with Gasteiger partial charge in [0.05, 0.1) is 11.1 Å². The zero-order valence-electron chi connectivity index (χ0n) is 9.22. The lowest BCUT2D eigenvalue weighted by molar-refractivity contribution is 0.992. The number of rotatable bonds is 1. The summed E-state index contributed by atoms with van der Waals surface area (Å²) in [7, 11) is 0. The van der Waals surface area contributed by atoms with Crippen molar-refractivity contribution in [1.29, 1.82) is 0 Å². The number of aromatic amines is 1. The molecule has 0 amide bonds. The number of hydrogen-bond donors (Lipinski definition) is 1. The summed E-state index contributed by atoms with van der Waals surface area (Å²) in [5.41, 5.74) is 1.79. The van der Waals surface area contributed by atoms with Gasteiger partial charge in [-0.1, -0.05) is 29.8 Å². The molecule has 0 fully saturated rings. The van der Waals surface area contributed by atoms with Crippen molar-refractivity contribution in [1.82, 2.24) is 15.2 Å². The summed E-state index contributed by atoms with van der Waals surface area (Å²) in [4.78, 5) is 16.0. The van der Waals surface area contributed by atoms with E-state index < -0.39 is 0 Å². The third-order valence-electron chi connectivity index (χ3n) is 2.67. The van der Waals surface area contributed by atoms with Crippen molar-refractivity contribution < 1.29 is 0 Å². The number of benzene rings is 1. The van der Waals surface area contributed by atoms with E-state index in [4.69, 9.17) is 11.6 Å². The van der Waals surface area contributed by atoms with Crippen LogP contribution >= 0.6 is 11.6 Å². The lowest BCUT2D eigenvalue weighted by Crippen LogP contribution is -2.10. The Morgan fingerprint density at radius 3 is 2.89 bits per heavy atom. The summed E-state index contributed by atoms with van der Waals surface area (Å²) in [5.74, 6) is 0. The van der Waals surface area contributed by atoms with Gasteiger partial charge in [-0.05, 0) is 18.2 Å². The quantitative estimate of drug-likeness (QED) is 0.729. The number of nitrogens with one attached hydrogen (secondary N) is 1. The highest BCUT2D eigenvalue weighted by molar-refractivity contribution is 6.29. The molecule has 0 aliphatic carbocycles. The molecule has 88 valence electrons. The topological polar surface area (TPSA) is 58.6 Å². The van der Waals surface area contributed by atoms with E-state index in [9.17, 15) is 4.79 Å². The Labute approximate surface area is 107 Å². The number of fused-ring (bicyclic) bond motifs is 1. The second kappa shape index (κ2) is 4.23. The van der Waals surface area contributed by atoms with Crippen LogP contribution < -0.4 is 5.56 Å². The van der Waals surface area contributed by atoms with Gasteiger partial charge in [-0.25, -0.2) is 5.10 Å². The molecule has 2 aromatic heterocycles. The fraction of sp³-hybridized carbons (Fsp3) is 0. The summed E-state index contributed by atoms with van der Waals surface area (Å²) in [5, 5.41) is 7.21. The maximum absolute atomic E-state index is 11.7. The molecule has 0 aliphatic rings. The van der Waals surface area contributed by atoms with Crippen LogP contribution in [0.5, 0.6) is 0 Å². The minimum absolute atomic E-state index is 0.248. The number of aromatic nitrogens is 3. The molecule has 3 aromatic rings. The smallest absolute Gasteiger partial charge is 0.267 e. The maximum atomic E-state index is 11.7. The third kappa shape index (κ3) is 1.87. The number of nitrogens with zero attached hydrogens (tertiary/aromatic N) is 2. The molecule has 2 heterocycles. The molecule has 0 spiro atoms. The Morgan fingerprint density at radius 2 is 2.00 bits per heavy atom. The first-order chi connectivity index (χ1) is 8.74.